The van der Waals surface area contributed by atoms with Gasteiger partial charge in [-0.3, -0.25) is 4.79 Å². The van der Waals surface area contributed by atoms with E-state index in [0.717, 1.165) is 29.0 Å². The smallest absolute Gasteiger partial charge is 0.410 e. The normalized spacial score (nSPS) is 19.1. The standard InChI is InChI=1S/C17H26N2O3S/c1-12-7-8-14(23-12)15(20)18-13-6-5-10-19(11-9-13)16(21)22-17(2,3)4/h7-8,13H,5-6,9-11H2,1-4H3,(H,18,20)/t13-/m0/s1. The molecule has 1 aromatic rings. The van der Waals surface area contributed by atoms with Crippen LogP contribution in [0.25, 0.3) is 0 Å². The van der Waals surface area contributed by atoms with Gasteiger partial charge in [0, 0.05) is 24.0 Å². The molecule has 128 valence electrons. The molecule has 1 atom stereocenters. The van der Waals surface area contributed by atoms with Crippen LogP contribution < -0.4 is 5.32 Å². The van der Waals surface area contributed by atoms with Gasteiger partial charge in [0.1, 0.15) is 5.60 Å². The summed E-state index contributed by atoms with van der Waals surface area (Å²) in [7, 11) is 0. The van der Waals surface area contributed by atoms with E-state index < -0.39 is 5.60 Å². The SMILES string of the molecule is Cc1ccc(C(=O)N[C@H]2CCCN(C(=O)OC(C)(C)C)CC2)s1. The number of rotatable bonds is 2. The van der Waals surface area contributed by atoms with E-state index in [1.165, 1.54) is 11.3 Å². The van der Waals surface area contributed by atoms with Gasteiger partial charge in [0.05, 0.1) is 4.88 Å². The van der Waals surface area contributed by atoms with Crippen LogP contribution in [0.2, 0.25) is 0 Å². The highest BCUT2D eigenvalue weighted by molar-refractivity contribution is 7.13. The Morgan fingerprint density at radius 2 is 2.00 bits per heavy atom. The molecule has 0 saturated carbocycles. The highest BCUT2D eigenvalue weighted by Crippen LogP contribution is 2.18. The van der Waals surface area contributed by atoms with E-state index in [9.17, 15) is 9.59 Å². The van der Waals surface area contributed by atoms with Gasteiger partial charge in [-0.2, -0.15) is 0 Å². The van der Waals surface area contributed by atoms with Crippen molar-refractivity contribution in [2.24, 2.45) is 0 Å². The number of aryl methyl sites for hydroxylation is 1. The van der Waals surface area contributed by atoms with Crippen molar-refractivity contribution in [1.82, 2.24) is 10.2 Å². The van der Waals surface area contributed by atoms with Crippen LogP contribution in [0.3, 0.4) is 0 Å². The molecule has 2 rings (SSSR count). The summed E-state index contributed by atoms with van der Waals surface area (Å²) in [5.41, 5.74) is -0.478. The average Bonchev–Trinajstić information content (AvgIpc) is 2.73. The lowest BCUT2D eigenvalue weighted by atomic mass is 10.1. The van der Waals surface area contributed by atoms with E-state index >= 15 is 0 Å². The van der Waals surface area contributed by atoms with Crippen LogP contribution in [0.15, 0.2) is 12.1 Å². The van der Waals surface area contributed by atoms with Crippen molar-refractivity contribution in [2.45, 2.75) is 58.6 Å². The van der Waals surface area contributed by atoms with E-state index in [2.05, 4.69) is 5.32 Å². The van der Waals surface area contributed by atoms with Crippen LogP contribution in [0.1, 0.15) is 54.6 Å². The minimum atomic E-state index is -0.478. The molecule has 0 aliphatic carbocycles. The molecule has 1 saturated heterocycles. The van der Waals surface area contributed by atoms with Gasteiger partial charge < -0.3 is 15.0 Å². The van der Waals surface area contributed by atoms with Crippen molar-refractivity contribution in [3.05, 3.63) is 21.9 Å². The third-order valence-electron chi connectivity index (χ3n) is 3.68. The van der Waals surface area contributed by atoms with Crippen molar-refractivity contribution in [1.29, 1.82) is 0 Å². The van der Waals surface area contributed by atoms with Gasteiger partial charge in [0.15, 0.2) is 0 Å². The van der Waals surface area contributed by atoms with Crippen LogP contribution in [-0.2, 0) is 4.74 Å². The summed E-state index contributed by atoms with van der Waals surface area (Å²) in [6.07, 6.45) is 2.25. The molecule has 23 heavy (non-hydrogen) atoms. The number of carbonyl (C=O) groups is 2. The van der Waals surface area contributed by atoms with Gasteiger partial charge in [-0.15, -0.1) is 11.3 Å². The fraction of sp³-hybridized carbons (Fsp3) is 0.647. The quantitative estimate of drug-likeness (QED) is 0.897. The fourth-order valence-corrected chi connectivity index (χ4v) is 3.33. The van der Waals surface area contributed by atoms with Crippen molar-refractivity contribution >= 4 is 23.3 Å². The Bertz CT molecular complexity index is 562. The van der Waals surface area contributed by atoms with E-state index in [1.807, 2.05) is 39.8 Å². The van der Waals surface area contributed by atoms with Gasteiger partial charge in [0.2, 0.25) is 0 Å². The second kappa shape index (κ2) is 7.34. The zero-order valence-electron chi connectivity index (χ0n) is 14.3. The number of ether oxygens (including phenoxy) is 1. The number of likely N-dealkylation sites (tertiary alicyclic amines) is 1. The molecule has 6 heteroatoms. The zero-order valence-corrected chi connectivity index (χ0v) is 15.2. The van der Waals surface area contributed by atoms with Crippen molar-refractivity contribution in [2.75, 3.05) is 13.1 Å². The number of hydrogen-bond acceptors (Lipinski definition) is 4. The maximum absolute atomic E-state index is 12.2. The second-order valence-electron chi connectivity index (χ2n) is 6.98. The summed E-state index contributed by atoms with van der Waals surface area (Å²) in [5.74, 6) is -0.0150. The highest BCUT2D eigenvalue weighted by Gasteiger charge is 2.26. The zero-order chi connectivity index (χ0) is 17.0. The minimum absolute atomic E-state index is 0.0150. The lowest BCUT2D eigenvalue weighted by Crippen LogP contribution is -2.39. The van der Waals surface area contributed by atoms with Crippen LogP contribution in [0, 0.1) is 6.92 Å². The molecule has 2 amide bonds. The van der Waals surface area contributed by atoms with Crippen LogP contribution in [-0.4, -0.2) is 41.6 Å². The Morgan fingerprint density at radius 3 is 2.61 bits per heavy atom. The van der Waals surface area contributed by atoms with Crippen molar-refractivity contribution < 1.29 is 14.3 Å². The number of amides is 2. The number of nitrogens with one attached hydrogen (secondary N) is 1. The van der Waals surface area contributed by atoms with Crippen molar-refractivity contribution in [3.63, 3.8) is 0 Å². The maximum atomic E-state index is 12.2. The van der Waals surface area contributed by atoms with Gasteiger partial charge in [-0.1, -0.05) is 0 Å². The Hall–Kier alpha value is -1.56. The highest BCUT2D eigenvalue weighted by atomic mass is 32.1. The van der Waals surface area contributed by atoms with E-state index in [-0.39, 0.29) is 18.0 Å². The molecule has 1 aliphatic rings. The predicted octanol–water partition coefficient (Wildman–Crippen LogP) is 3.58. The maximum Gasteiger partial charge on any atom is 0.410 e. The molecule has 1 N–H and O–H groups in total. The minimum Gasteiger partial charge on any atom is -0.444 e. The molecule has 1 aromatic heterocycles. The third kappa shape index (κ3) is 5.53. The molecule has 1 fully saturated rings. The lowest BCUT2D eigenvalue weighted by Gasteiger charge is -2.26. The number of carbonyl (C=O) groups excluding carboxylic acids is 2. The van der Waals surface area contributed by atoms with Gasteiger partial charge in [-0.25, -0.2) is 4.79 Å². The largest absolute Gasteiger partial charge is 0.444 e. The Labute approximate surface area is 142 Å². The van der Waals surface area contributed by atoms with Gasteiger partial charge in [-0.05, 0) is 59.1 Å². The summed E-state index contributed by atoms with van der Waals surface area (Å²) in [5, 5.41) is 3.09. The molecule has 5 nitrogen and oxygen atoms in total. The Morgan fingerprint density at radius 1 is 1.26 bits per heavy atom. The molecule has 0 aromatic carbocycles. The Kier molecular flexibility index (Phi) is 5.68. The predicted molar refractivity (Wildman–Crippen MR) is 92.0 cm³/mol. The topological polar surface area (TPSA) is 58.6 Å². The van der Waals surface area contributed by atoms with Crippen molar-refractivity contribution in [3.8, 4) is 0 Å². The van der Waals surface area contributed by atoms with Crippen LogP contribution in [0.4, 0.5) is 4.79 Å². The molecular weight excluding hydrogens is 312 g/mol. The van der Waals surface area contributed by atoms with Gasteiger partial charge >= 0.3 is 6.09 Å². The lowest BCUT2D eigenvalue weighted by molar-refractivity contribution is 0.0256. The molecule has 2 heterocycles. The van der Waals surface area contributed by atoms with E-state index in [1.54, 1.807) is 4.90 Å². The van der Waals surface area contributed by atoms with E-state index in [0.29, 0.717) is 13.1 Å². The monoisotopic (exact) mass is 338 g/mol. The molecule has 0 spiro atoms. The molecular formula is C17H26N2O3S. The first-order valence-electron chi connectivity index (χ1n) is 8.10. The number of nitrogens with zero attached hydrogens (tertiary/aromatic N) is 1. The van der Waals surface area contributed by atoms with Gasteiger partial charge in [0.25, 0.3) is 5.91 Å². The summed E-state index contributed by atoms with van der Waals surface area (Å²) < 4.78 is 5.42. The van der Waals surface area contributed by atoms with Crippen LogP contribution in [0.5, 0.6) is 0 Å². The summed E-state index contributed by atoms with van der Waals surface area (Å²) in [6.45, 7) is 8.90. The third-order valence-corrected chi connectivity index (χ3v) is 4.68. The molecule has 1 aliphatic heterocycles. The first-order valence-corrected chi connectivity index (χ1v) is 8.91. The first kappa shape index (κ1) is 17.8. The molecule has 0 unspecified atom stereocenters. The number of thiophene rings is 1. The van der Waals surface area contributed by atoms with E-state index in [4.69, 9.17) is 4.74 Å². The summed E-state index contributed by atoms with van der Waals surface area (Å²) >= 11 is 1.50. The summed E-state index contributed by atoms with van der Waals surface area (Å²) in [6, 6.07) is 3.92. The first-order chi connectivity index (χ1) is 10.7. The second-order valence-corrected chi connectivity index (χ2v) is 8.27. The van der Waals surface area contributed by atoms with Crippen LogP contribution >= 0.6 is 11.3 Å². The average molecular weight is 338 g/mol. The molecule has 0 radical (unpaired) electrons. The summed E-state index contributed by atoms with van der Waals surface area (Å²) in [4.78, 5) is 28.0. The Balaban J connectivity index is 1.86. The fourth-order valence-electron chi connectivity index (χ4n) is 2.56. The number of hydrogen-bond donors (Lipinski definition) is 1. The molecule has 0 bridgehead atoms.